The summed E-state index contributed by atoms with van der Waals surface area (Å²) in [7, 11) is 0. The lowest BCUT2D eigenvalue weighted by atomic mass is 10.0. The maximum absolute atomic E-state index is 9.13. The Bertz CT molecular complexity index is 718. The van der Waals surface area contributed by atoms with Gasteiger partial charge < -0.3 is 14.6 Å². The lowest BCUT2D eigenvalue weighted by Crippen LogP contribution is -2.15. The van der Waals surface area contributed by atoms with E-state index in [0.29, 0.717) is 19.0 Å². The second kappa shape index (κ2) is 13.2. The summed E-state index contributed by atoms with van der Waals surface area (Å²) in [4.78, 5) is 0.138. The first-order valence-electron chi connectivity index (χ1n) is 8.41. The highest BCUT2D eigenvalue weighted by Crippen LogP contribution is 2.38. The zero-order chi connectivity index (χ0) is 21.6. The Kier molecular flexibility index (Phi) is 12.1. The maximum Gasteiger partial charge on any atom is 0.147 e. The van der Waals surface area contributed by atoms with Crippen LogP contribution in [0.15, 0.2) is 42.2 Å². The van der Waals surface area contributed by atoms with Crippen LogP contribution in [0.2, 0.25) is 0 Å². The molecule has 10 heteroatoms. The number of hydrogen-bond acceptors (Lipinski definition) is 3. The molecule has 1 N–H and O–H groups in total. The van der Waals surface area contributed by atoms with E-state index in [-0.39, 0.29) is 16.3 Å². The van der Waals surface area contributed by atoms with Crippen molar-refractivity contribution in [3.63, 3.8) is 0 Å². The normalized spacial score (nSPS) is 13.2. The van der Waals surface area contributed by atoms with E-state index in [4.69, 9.17) is 14.6 Å². The van der Waals surface area contributed by atoms with Crippen molar-refractivity contribution in [3.05, 3.63) is 53.3 Å². The van der Waals surface area contributed by atoms with Crippen LogP contribution in [0.1, 0.15) is 11.1 Å². The monoisotopic (exact) mass is 846 g/mol. The van der Waals surface area contributed by atoms with Gasteiger partial charge in [-0.25, -0.2) is 0 Å². The van der Waals surface area contributed by atoms with E-state index < -0.39 is 0 Å². The van der Waals surface area contributed by atoms with Crippen LogP contribution in [0.25, 0.3) is 0 Å². The molecular formula is C19H17Br7O3. The van der Waals surface area contributed by atoms with Crippen molar-refractivity contribution in [2.75, 3.05) is 25.2 Å². The van der Waals surface area contributed by atoms with Crippen LogP contribution in [0.4, 0.5) is 0 Å². The number of aliphatic hydroxyl groups excluding tert-OH is 1. The second-order valence-corrected chi connectivity index (χ2v) is 12.8. The summed E-state index contributed by atoms with van der Waals surface area (Å²) in [6.45, 7) is 0.955. The van der Waals surface area contributed by atoms with Crippen molar-refractivity contribution < 1.29 is 14.6 Å². The first kappa shape index (κ1) is 26.6. The lowest BCUT2D eigenvalue weighted by Gasteiger charge is -2.16. The molecule has 2 rings (SSSR count). The molecule has 0 spiro atoms. The van der Waals surface area contributed by atoms with Gasteiger partial charge in [-0.15, -0.1) is 0 Å². The number of ether oxygens (including phenoxy) is 2. The van der Waals surface area contributed by atoms with E-state index >= 15 is 0 Å². The van der Waals surface area contributed by atoms with Crippen LogP contribution in [0.5, 0.6) is 11.5 Å². The Morgan fingerprint density at radius 2 is 1.10 bits per heavy atom. The average Bonchev–Trinajstić information content (AvgIpc) is 2.66. The summed E-state index contributed by atoms with van der Waals surface area (Å²) >= 11 is 24.7. The van der Waals surface area contributed by atoms with Crippen LogP contribution < -0.4 is 9.47 Å². The quantitative estimate of drug-likeness (QED) is 0.247. The van der Waals surface area contributed by atoms with Crippen molar-refractivity contribution in [1.82, 2.24) is 0 Å². The molecule has 0 aliphatic heterocycles. The summed E-state index contributed by atoms with van der Waals surface area (Å²) in [5.41, 5.74) is 2.26. The average molecular weight is 853 g/mol. The van der Waals surface area contributed by atoms with E-state index in [0.717, 1.165) is 46.5 Å². The Hall–Kier alpha value is 1.36. The molecule has 0 aliphatic carbocycles. The molecule has 160 valence electrons. The third-order valence-corrected chi connectivity index (χ3v) is 8.86. The van der Waals surface area contributed by atoms with Crippen molar-refractivity contribution in [3.8, 4) is 11.5 Å². The molecule has 2 unspecified atom stereocenters. The fourth-order valence-corrected chi connectivity index (χ4v) is 5.86. The lowest BCUT2D eigenvalue weighted by molar-refractivity contribution is 0.242. The highest BCUT2D eigenvalue weighted by atomic mass is 79.9. The number of halogens is 7. The largest absolute Gasteiger partial charge is 0.490 e. The molecule has 0 heterocycles. The van der Waals surface area contributed by atoms with Gasteiger partial charge in [0.25, 0.3) is 0 Å². The van der Waals surface area contributed by atoms with Gasteiger partial charge in [0.1, 0.15) is 24.7 Å². The fourth-order valence-electron chi connectivity index (χ4n) is 2.39. The third-order valence-electron chi connectivity index (χ3n) is 3.71. The summed E-state index contributed by atoms with van der Waals surface area (Å²) < 4.78 is 15.2. The fraction of sp³-hybridized carbons (Fsp3) is 0.368. The van der Waals surface area contributed by atoms with Crippen LogP contribution in [-0.2, 0) is 6.42 Å². The second-order valence-electron chi connectivity index (χ2n) is 6.11. The van der Waals surface area contributed by atoms with Gasteiger partial charge >= 0.3 is 0 Å². The molecule has 0 saturated carbocycles. The van der Waals surface area contributed by atoms with Crippen LogP contribution in [0, 0.1) is 0 Å². The van der Waals surface area contributed by atoms with Gasteiger partial charge in [0.2, 0.25) is 0 Å². The van der Waals surface area contributed by atoms with Crippen molar-refractivity contribution in [2.24, 2.45) is 0 Å². The zero-order valence-corrected chi connectivity index (χ0v) is 26.0. The van der Waals surface area contributed by atoms with Gasteiger partial charge in [-0.05, 0) is 106 Å². The van der Waals surface area contributed by atoms with E-state index in [9.17, 15) is 0 Å². The summed E-state index contributed by atoms with van der Waals surface area (Å²) in [5, 5.41) is 9.95. The van der Waals surface area contributed by atoms with E-state index in [1.54, 1.807) is 0 Å². The van der Waals surface area contributed by atoms with Gasteiger partial charge in [0.05, 0.1) is 34.2 Å². The number of aliphatic hydroxyl groups is 1. The molecule has 0 aliphatic rings. The van der Waals surface area contributed by atoms with Gasteiger partial charge in [-0.1, -0.05) is 47.8 Å². The molecular weight excluding hydrogens is 836 g/mol. The highest BCUT2D eigenvalue weighted by molar-refractivity contribution is 9.12. The summed E-state index contributed by atoms with van der Waals surface area (Å²) in [6, 6.07) is 8.22. The molecule has 29 heavy (non-hydrogen) atoms. The Labute approximate surface area is 229 Å². The Morgan fingerprint density at radius 3 is 1.45 bits per heavy atom. The predicted octanol–water partition coefficient (Wildman–Crippen LogP) is 8.00. The Balaban J connectivity index is 2.15. The third kappa shape index (κ3) is 8.33. The maximum atomic E-state index is 9.13. The highest BCUT2D eigenvalue weighted by Gasteiger charge is 2.14. The number of benzene rings is 2. The molecule has 2 aromatic carbocycles. The molecule has 0 aromatic heterocycles. The predicted molar refractivity (Wildman–Crippen MR) is 144 cm³/mol. The molecule has 2 aromatic rings. The van der Waals surface area contributed by atoms with Crippen LogP contribution in [-0.4, -0.2) is 39.9 Å². The SMILES string of the molecule is OCC(Br)COc1c(Br)cc(Cc2cc(Br)c(OCC(Br)CBr)c(Br)c2)cc1Br. The van der Waals surface area contributed by atoms with Gasteiger partial charge in [-0.3, -0.25) is 0 Å². The Morgan fingerprint density at radius 1 is 0.724 bits per heavy atom. The van der Waals surface area contributed by atoms with E-state index in [1.165, 1.54) is 0 Å². The summed E-state index contributed by atoms with van der Waals surface area (Å²) in [5.74, 6) is 1.51. The van der Waals surface area contributed by atoms with Crippen molar-refractivity contribution >= 4 is 112 Å². The number of alkyl halides is 3. The van der Waals surface area contributed by atoms with Gasteiger partial charge in [0, 0.05) is 5.33 Å². The number of rotatable bonds is 10. The molecule has 3 nitrogen and oxygen atoms in total. The molecule has 0 amide bonds. The topological polar surface area (TPSA) is 38.7 Å². The van der Waals surface area contributed by atoms with E-state index in [1.807, 2.05) is 12.1 Å². The van der Waals surface area contributed by atoms with Gasteiger partial charge in [0.15, 0.2) is 0 Å². The van der Waals surface area contributed by atoms with Crippen LogP contribution >= 0.6 is 112 Å². The zero-order valence-electron chi connectivity index (χ0n) is 14.9. The smallest absolute Gasteiger partial charge is 0.147 e. The molecule has 2 atom stereocenters. The molecule has 0 fully saturated rings. The van der Waals surface area contributed by atoms with Gasteiger partial charge in [-0.2, -0.15) is 0 Å². The first-order chi connectivity index (χ1) is 13.7. The number of hydrogen-bond donors (Lipinski definition) is 1. The molecule has 0 radical (unpaired) electrons. The van der Waals surface area contributed by atoms with E-state index in [2.05, 4.69) is 124 Å². The summed E-state index contributed by atoms with van der Waals surface area (Å²) in [6.07, 6.45) is 0.745. The molecule has 0 bridgehead atoms. The van der Waals surface area contributed by atoms with Crippen molar-refractivity contribution in [2.45, 2.75) is 16.1 Å². The van der Waals surface area contributed by atoms with Crippen molar-refractivity contribution in [1.29, 1.82) is 0 Å². The first-order valence-corrected chi connectivity index (χ1v) is 14.5. The minimum Gasteiger partial charge on any atom is -0.490 e. The molecule has 0 saturated heterocycles. The standard InChI is InChI=1S/C19H17Br7O3/c20-6-12(21)8-28-18-14(23)2-10(3-15(18)24)1-11-4-16(25)19(17(26)5-11)29-9-13(22)7-27/h2-5,12-13,27H,1,6-9H2. The van der Waals surface area contributed by atoms with Crippen LogP contribution in [0.3, 0.4) is 0 Å². The minimum absolute atomic E-state index is 0.0171. The minimum atomic E-state index is -0.106.